The van der Waals surface area contributed by atoms with Gasteiger partial charge in [-0.2, -0.15) is 13.2 Å². The van der Waals surface area contributed by atoms with Gasteiger partial charge in [-0.1, -0.05) is 41.7 Å². The van der Waals surface area contributed by atoms with Crippen molar-refractivity contribution in [1.29, 1.82) is 0 Å². The van der Waals surface area contributed by atoms with Crippen molar-refractivity contribution in [2.45, 2.75) is 44.7 Å². The number of H-pyrrole nitrogens is 1. The van der Waals surface area contributed by atoms with Gasteiger partial charge in [-0.25, -0.2) is 4.98 Å². The average Bonchev–Trinajstić information content (AvgIpc) is 3.58. The summed E-state index contributed by atoms with van der Waals surface area (Å²) in [6.45, 7) is 0. The number of hydrogen-bond donors (Lipinski definition) is 2. The zero-order chi connectivity index (χ0) is 27.9. The van der Waals surface area contributed by atoms with E-state index in [1.165, 1.54) is 23.5 Å². The van der Waals surface area contributed by atoms with E-state index < -0.39 is 11.7 Å². The molecule has 1 saturated carbocycles. The number of aromatic nitrogens is 2. The van der Waals surface area contributed by atoms with Gasteiger partial charge >= 0.3 is 6.18 Å². The third-order valence-corrected chi connectivity index (χ3v) is 8.24. The molecule has 0 aliphatic heterocycles. The molecule has 0 atom stereocenters. The predicted octanol–water partition coefficient (Wildman–Crippen LogP) is 8.41. The Morgan fingerprint density at radius 3 is 2.58 bits per heavy atom. The minimum atomic E-state index is -4.38. The van der Waals surface area contributed by atoms with Crippen LogP contribution in [0, 0.1) is 5.92 Å². The van der Waals surface area contributed by atoms with E-state index in [0.717, 1.165) is 51.2 Å². The number of halogens is 3. The summed E-state index contributed by atoms with van der Waals surface area (Å²) in [7, 11) is 0. The van der Waals surface area contributed by atoms with Crippen LogP contribution in [0.3, 0.4) is 0 Å². The lowest BCUT2D eigenvalue weighted by atomic mass is 9.98. The van der Waals surface area contributed by atoms with Gasteiger partial charge in [0.2, 0.25) is 5.91 Å². The number of Topliss-reactive ketones (excluding diaryl/α,β-unsaturated/α-hetero) is 1. The number of rotatable bonds is 9. The molecule has 6 rings (SSSR count). The van der Waals surface area contributed by atoms with Gasteiger partial charge in [0, 0.05) is 35.0 Å². The van der Waals surface area contributed by atoms with Crippen LogP contribution >= 0.6 is 11.3 Å². The number of aromatic amines is 1. The molecule has 2 aromatic heterocycles. The molecule has 5 aromatic rings. The van der Waals surface area contributed by atoms with Crippen LogP contribution in [0.4, 0.5) is 18.3 Å². The normalized spacial score (nSPS) is 13.7. The van der Waals surface area contributed by atoms with Crippen molar-refractivity contribution in [3.63, 3.8) is 0 Å². The summed E-state index contributed by atoms with van der Waals surface area (Å²) < 4.78 is 40.7. The SMILES string of the molecule is O=C(CCCCc1ccccc1C(F)(F)F)c1c[nH]c2ccc(-c3ccc4nc(NC(=O)C5CC5)sc4c3)cc12. The number of alkyl halides is 3. The first-order valence-corrected chi connectivity index (χ1v) is 14.1. The molecule has 1 aliphatic carbocycles. The zero-order valence-electron chi connectivity index (χ0n) is 21.5. The monoisotopic (exact) mass is 561 g/mol. The van der Waals surface area contributed by atoms with Crippen LogP contribution < -0.4 is 5.32 Å². The van der Waals surface area contributed by atoms with Gasteiger partial charge in [0.25, 0.3) is 0 Å². The van der Waals surface area contributed by atoms with E-state index >= 15 is 0 Å². The minimum Gasteiger partial charge on any atom is -0.360 e. The lowest BCUT2D eigenvalue weighted by Crippen LogP contribution is -2.12. The summed E-state index contributed by atoms with van der Waals surface area (Å²) >= 11 is 1.44. The van der Waals surface area contributed by atoms with Crippen LogP contribution in [0.15, 0.2) is 66.9 Å². The van der Waals surface area contributed by atoms with Crippen molar-refractivity contribution in [1.82, 2.24) is 9.97 Å². The van der Waals surface area contributed by atoms with Crippen LogP contribution in [0.25, 0.3) is 32.2 Å². The predicted molar refractivity (Wildman–Crippen MR) is 152 cm³/mol. The second-order valence-corrected chi connectivity index (χ2v) is 11.2. The summed E-state index contributed by atoms with van der Waals surface area (Å²) in [4.78, 5) is 32.9. The van der Waals surface area contributed by atoms with Crippen LogP contribution in [0.1, 0.15) is 53.6 Å². The third kappa shape index (κ3) is 5.51. The van der Waals surface area contributed by atoms with Crippen molar-refractivity contribution >= 4 is 49.3 Å². The largest absolute Gasteiger partial charge is 0.416 e. The van der Waals surface area contributed by atoms with Crippen molar-refractivity contribution in [2.75, 3.05) is 5.32 Å². The van der Waals surface area contributed by atoms with Gasteiger partial charge in [-0.05, 0) is 79.1 Å². The zero-order valence-corrected chi connectivity index (χ0v) is 22.3. The number of nitrogens with zero attached hydrogens (tertiary/aromatic N) is 1. The first-order valence-electron chi connectivity index (χ1n) is 13.3. The number of hydrogen-bond acceptors (Lipinski definition) is 4. The molecule has 0 spiro atoms. The lowest BCUT2D eigenvalue weighted by molar-refractivity contribution is -0.138. The fourth-order valence-electron chi connectivity index (χ4n) is 4.99. The van der Waals surface area contributed by atoms with E-state index in [1.807, 2.05) is 36.4 Å². The van der Waals surface area contributed by atoms with E-state index in [4.69, 9.17) is 0 Å². The number of carbonyl (C=O) groups is 2. The molecular weight excluding hydrogens is 535 g/mol. The van der Waals surface area contributed by atoms with Gasteiger partial charge in [-0.3, -0.25) is 9.59 Å². The number of carbonyl (C=O) groups excluding carboxylic acids is 2. The topological polar surface area (TPSA) is 74.8 Å². The highest BCUT2D eigenvalue weighted by Gasteiger charge is 2.32. The van der Waals surface area contributed by atoms with Crippen LogP contribution in [-0.4, -0.2) is 21.7 Å². The number of amides is 1. The van der Waals surface area contributed by atoms with E-state index in [0.29, 0.717) is 23.5 Å². The second-order valence-electron chi connectivity index (χ2n) is 10.2. The molecule has 0 bridgehead atoms. The first-order chi connectivity index (χ1) is 19.3. The van der Waals surface area contributed by atoms with Crippen LogP contribution in [0.2, 0.25) is 0 Å². The number of anilines is 1. The maximum atomic E-state index is 13.3. The minimum absolute atomic E-state index is 0.0282. The molecule has 0 saturated heterocycles. The second kappa shape index (κ2) is 10.5. The highest BCUT2D eigenvalue weighted by Crippen LogP contribution is 2.35. The molecule has 1 aliphatic rings. The summed E-state index contributed by atoms with van der Waals surface area (Å²) in [6.07, 6.45) is 0.709. The van der Waals surface area contributed by atoms with Gasteiger partial charge in [0.1, 0.15) is 0 Å². The Labute approximate surface area is 232 Å². The number of thiazole rings is 1. The van der Waals surface area contributed by atoms with Crippen molar-refractivity contribution < 1.29 is 22.8 Å². The Hall–Kier alpha value is -3.98. The fourth-order valence-corrected chi connectivity index (χ4v) is 5.90. The van der Waals surface area contributed by atoms with Gasteiger partial charge < -0.3 is 10.3 Å². The molecule has 2 heterocycles. The van der Waals surface area contributed by atoms with Crippen LogP contribution in [0.5, 0.6) is 0 Å². The Bertz CT molecular complexity index is 1730. The van der Waals surface area contributed by atoms with E-state index in [-0.39, 0.29) is 36.0 Å². The molecule has 1 fully saturated rings. The third-order valence-electron chi connectivity index (χ3n) is 7.30. The number of nitrogens with one attached hydrogen (secondary N) is 2. The number of fused-ring (bicyclic) bond motifs is 2. The van der Waals surface area contributed by atoms with Crippen LogP contribution in [-0.2, 0) is 17.4 Å². The molecule has 3 aromatic carbocycles. The molecule has 0 unspecified atom stereocenters. The molecular formula is C31H26F3N3O2S. The maximum absolute atomic E-state index is 13.3. The summed E-state index contributed by atoms with van der Waals surface area (Å²) in [5.74, 6) is 0.0978. The van der Waals surface area contributed by atoms with Crippen molar-refractivity contribution in [3.8, 4) is 11.1 Å². The average molecular weight is 562 g/mol. The van der Waals surface area contributed by atoms with E-state index in [1.54, 1.807) is 12.3 Å². The Kier molecular flexibility index (Phi) is 6.92. The number of benzene rings is 3. The van der Waals surface area contributed by atoms with E-state index in [9.17, 15) is 22.8 Å². The molecule has 204 valence electrons. The first kappa shape index (κ1) is 26.3. The molecule has 9 heteroatoms. The molecule has 5 nitrogen and oxygen atoms in total. The van der Waals surface area contributed by atoms with Crippen molar-refractivity contribution in [2.24, 2.45) is 5.92 Å². The summed E-state index contributed by atoms with van der Waals surface area (Å²) in [5.41, 5.74) is 3.81. The van der Waals surface area contributed by atoms with Gasteiger partial charge in [-0.15, -0.1) is 0 Å². The van der Waals surface area contributed by atoms with Gasteiger partial charge in [0.05, 0.1) is 15.8 Å². The molecule has 1 amide bonds. The number of ketones is 1. The highest BCUT2D eigenvalue weighted by atomic mass is 32.1. The smallest absolute Gasteiger partial charge is 0.360 e. The Morgan fingerprint density at radius 1 is 1.00 bits per heavy atom. The number of aryl methyl sites for hydroxylation is 1. The standard InChI is InChI=1S/C31H26F3N3O2S/c32-31(33,34)24-7-3-1-5-18(24)6-2-4-8-27(38)23-17-35-25-13-11-20(15-22(23)25)21-12-14-26-28(16-21)40-30(36-26)37-29(39)19-9-10-19/h1,3,5,7,11-17,19,35H,2,4,6,8-10H2,(H,36,37,39). The Balaban J connectivity index is 1.15. The van der Waals surface area contributed by atoms with Gasteiger partial charge in [0.15, 0.2) is 10.9 Å². The molecule has 40 heavy (non-hydrogen) atoms. The lowest BCUT2D eigenvalue weighted by Gasteiger charge is -2.12. The van der Waals surface area contributed by atoms with E-state index in [2.05, 4.69) is 15.3 Å². The Morgan fingerprint density at radius 2 is 1.77 bits per heavy atom. The quantitative estimate of drug-likeness (QED) is 0.140. The molecule has 0 radical (unpaired) electrons. The molecule has 2 N–H and O–H groups in total. The highest BCUT2D eigenvalue weighted by molar-refractivity contribution is 7.22. The summed E-state index contributed by atoms with van der Waals surface area (Å²) in [5, 5.41) is 4.32. The maximum Gasteiger partial charge on any atom is 0.416 e. The number of unbranched alkanes of at least 4 members (excludes halogenated alkanes) is 1. The van der Waals surface area contributed by atoms with Crippen molar-refractivity contribution in [3.05, 3.63) is 83.6 Å². The summed E-state index contributed by atoms with van der Waals surface area (Å²) in [6, 6.07) is 17.5. The fraction of sp³-hybridized carbons (Fsp3) is 0.258.